The van der Waals surface area contributed by atoms with E-state index in [1.54, 1.807) is 117 Å². The molecule has 5 aromatic rings. The van der Waals surface area contributed by atoms with Crippen LogP contribution in [0.15, 0.2) is 162 Å². The zero-order chi connectivity index (χ0) is 60.7. The molecular formula is C64H65NO18S. The summed E-state index contributed by atoms with van der Waals surface area (Å²) >= 11 is 0. The summed E-state index contributed by atoms with van der Waals surface area (Å²) in [7, 11) is -3.23. The lowest BCUT2D eigenvalue weighted by atomic mass is 9.44. The molecule has 3 aliphatic carbocycles. The number of fused-ring (bicyclic) bond motifs is 5. The lowest BCUT2D eigenvalue weighted by Crippen LogP contribution is -2.82. The lowest BCUT2D eigenvalue weighted by molar-refractivity contribution is -0.346. The van der Waals surface area contributed by atoms with Crippen LogP contribution in [0.3, 0.4) is 0 Å². The van der Waals surface area contributed by atoms with E-state index in [9.17, 15) is 52.5 Å². The van der Waals surface area contributed by atoms with Crippen molar-refractivity contribution in [1.29, 1.82) is 0 Å². The first-order valence-corrected chi connectivity index (χ1v) is 29.1. The average molecular weight is 1170 g/mol. The molecule has 19 nitrogen and oxygen atoms in total. The molecule has 2 saturated carbocycles. The molecule has 2 heterocycles. The minimum absolute atomic E-state index is 0.00289. The predicted molar refractivity (Wildman–Crippen MR) is 301 cm³/mol. The topological polar surface area (TPSA) is 282 Å². The number of esters is 5. The number of rotatable bonds is 13. The van der Waals surface area contributed by atoms with Crippen LogP contribution in [-0.2, 0) is 62.2 Å². The predicted octanol–water partition coefficient (Wildman–Crippen LogP) is 6.29. The molecule has 1 amide bonds. The fourth-order valence-electron chi connectivity index (χ4n) is 12.6. The van der Waals surface area contributed by atoms with Crippen LogP contribution < -0.4 is 5.32 Å². The van der Waals surface area contributed by atoms with Crippen LogP contribution in [0.25, 0.3) is 11.1 Å². The zero-order valence-corrected chi connectivity index (χ0v) is 48.0. The second-order valence-electron chi connectivity index (χ2n) is 22.4. The van der Waals surface area contributed by atoms with E-state index in [1.807, 2.05) is 30.3 Å². The highest BCUT2D eigenvalue weighted by Gasteiger charge is 2.78. The van der Waals surface area contributed by atoms with Crippen LogP contribution in [0.1, 0.15) is 97.8 Å². The van der Waals surface area contributed by atoms with Crippen LogP contribution in [0.5, 0.6) is 0 Å². The lowest BCUT2D eigenvalue weighted by Gasteiger charge is -2.67. The second-order valence-corrected chi connectivity index (χ2v) is 24.5. The van der Waals surface area contributed by atoms with E-state index in [1.165, 1.54) is 32.2 Å². The Labute approximate surface area is 485 Å². The number of cyclic esters (lactones) is 1. The summed E-state index contributed by atoms with van der Waals surface area (Å²) in [5.41, 5.74) is -4.12. The van der Waals surface area contributed by atoms with Crippen molar-refractivity contribution in [2.24, 2.45) is 16.7 Å². The molecule has 1 saturated heterocycles. The molecule has 3 fully saturated rings. The van der Waals surface area contributed by atoms with Gasteiger partial charge in [0.25, 0.3) is 5.91 Å². The van der Waals surface area contributed by atoms with Crippen LogP contribution in [0, 0.1) is 16.7 Å². The number of amides is 1. The van der Waals surface area contributed by atoms with Gasteiger partial charge in [-0.3, -0.25) is 19.2 Å². The van der Waals surface area contributed by atoms with Crippen LogP contribution in [0.4, 0.5) is 0 Å². The highest BCUT2D eigenvalue weighted by Crippen LogP contribution is 2.64. The first kappa shape index (κ1) is 60.5. The third-order valence-corrected chi connectivity index (χ3v) is 18.2. The Morgan fingerprint density at radius 1 is 0.738 bits per heavy atom. The number of aliphatic hydroxyl groups is 3. The molecule has 0 unspecified atom stereocenters. The van der Waals surface area contributed by atoms with Crippen molar-refractivity contribution in [1.82, 2.24) is 5.32 Å². The van der Waals surface area contributed by atoms with Gasteiger partial charge >= 0.3 is 29.8 Å². The van der Waals surface area contributed by atoms with Crippen molar-refractivity contribution in [2.45, 2.75) is 113 Å². The highest BCUT2D eigenvalue weighted by molar-refractivity contribution is 7.90. The molecular weight excluding hydrogens is 1100 g/mol. The number of aliphatic hydroxyl groups excluding tert-OH is 2. The monoisotopic (exact) mass is 1170 g/mol. The van der Waals surface area contributed by atoms with E-state index in [0.717, 1.165) is 30.5 Å². The number of carbonyl (C=O) groups is 7. The van der Waals surface area contributed by atoms with Crippen molar-refractivity contribution < 1.29 is 85.7 Å². The standard InChI is InChI=1S/C47H51NO14.C17H14O4S/c1-25-31(60-43(56)36(52)35(28-16-10-7-11-17-28)48-41(54)29-18-12-8-13-19-29)23-47(57)40(61-42(55)30-20-14-9-15-21-30)38-45(6,32(51)22-33-46(38,24-58-33)62-27(3)50)39(53)37(59-26(2)49)34(25)44(47,4)5;1-22(19,20)14-9-7-12(8-10-14)15-11-21-17(18)16(15)13-5-3-2-4-6-13/h7-21,31-33,35-38,40,51-52,57H,22-24H2,1-6H3,(H,48,54);2-10H,11H2,1H3/t31-,32-,33+,35-,36+,37+,38-,40-,45+,46-,47+;/m0./s1. The summed E-state index contributed by atoms with van der Waals surface area (Å²) in [6, 6.07) is 38.7. The maximum Gasteiger partial charge on any atom is 0.339 e. The third kappa shape index (κ3) is 11.1. The molecule has 440 valence electrons. The van der Waals surface area contributed by atoms with Gasteiger partial charge in [0.1, 0.15) is 30.5 Å². The molecule has 4 N–H and O–H groups in total. The van der Waals surface area contributed by atoms with Gasteiger partial charge in [-0.05, 0) is 78.1 Å². The quantitative estimate of drug-likeness (QED) is 0.0572. The summed E-state index contributed by atoms with van der Waals surface area (Å²) in [5, 5.41) is 40.2. The van der Waals surface area contributed by atoms with Crippen LogP contribution in [0.2, 0.25) is 0 Å². The molecule has 10 rings (SSSR count). The number of sulfone groups is 1. The summed E-state index contributed by atoms with van der Waals surface area (Å²) in [6.07, 6.45) is -9.35. The highest BCUT2D eigenvalue weighted by atomic mass is 32.2. The van der Waals surface area contributed by atoms with E-state index in [2.05, 4.69) is 5.32 Å². The van der Waals surface area contributed by atoms with E-state index in [-0.39, 0.29) is 52.8 Å². The maximum absolute atomic E-state index is 15.5. The fourth-order valence-corrected chi connectivity index (χ4v) is 13.2. The smallest absolute Gasteiger partial charge is 0.339 e. The molecule has 5 aromatic carbocycles. The molecule has 11 atom stereocenters. The van der Waals surface area contributed by atoms with E-state index in [0.29, 0.717) is 11.1 Å². The van der Waals surface area contributed by atoms with Crippen molar-refractivity contribution >= 4 is 62.5 Å². The van der Waals surface area contributed by atoms with Crippen LogP contribution in [-0.4, -0.2) is 133 Å². The molecule has 2 bridgehead atoms. The summed E-state index contributed by atoms with van der Waals surface area (Å²) in [5.74, 6) is -7.19. The Balaban J connectivity index is 0.000000320. The minimum atomic E-state index is -3.23. The number of hydrogen-bond donors (Lipinski definition) is 4. The Bertz CT molecular complexity index is 3550. The number of nitrogens with one attached hydrogen (secondary N) is 1. The van der Waals surface area contributed by atoms with Gasteiger partial charge in [-0.2, -0.15) is 0 Å². The number of ether oxygens (including phenoxy) is 6. The fraction of sp³-hybridized carbons (Fsp3) is 0.359. The number of Topliss-reactive ketones (excluding diaryl/α,β-unsaturated/α-hetero) is 1. The van der Waals surface area contributed by atoms with E-state index in [4.69, 9.17) is 28.4 Å². The Morgan fingerprint density at radius 3 is 1.86 bits per heavy atom. The van der Waals surface area contributed by atoms with Crippen molar-refractivity contribution in [3.05, 3.63) is 185 Å². The largest absolute Gasteiger partial charge is 0.457 e. The summed E-state index contributed by atoms with van der Waals surface area (Å²) in [6.45, 7) is 8.17. The van der Waals surface area contributed by atoms with Crippen molar-refractivity contribution in [2.75, 3.05) is 19.5 Å². The van der Waals surface area contributed by atoms with Gasteiger partial charge in [0.15, 0.2) is 33.4 Å². The summed E-state index contributed by atoms with van der Waals surface area (Å²) in [4.78, 5) is 95.7. The van der Waals surface area contributed by atoms with Crippen LogP contribution >= 0.6 is 0 Å². The molecule has 0 spiro atoms. The zero-order valence-electron chi connectivity index (χ0n) is 47.2. The Kier molecular flexibility index (Phi) is 16.9. The third-order valence-electron chi connectivity index (χ3n) is 17.0. The first-order chi connectivity index (χ1) is 39.7. The van der Waals surface area contributed by atoms with Gasteiger partial charge in [0, 0.05) is 49.5 Å². The second kappa shape index (κ2) is 23.5. The number of benzene rings is 5. The molecule has 0 aromatic heterocycles. The summed E-state index contributed by atoms with van der Waals surface area (Å²) < 4.78 is 58.5. The average Bonchev–Trinajstić information content (AvgIpc) is 0.735. The molecule has 84 heavy (non-hydrogen) atoms. The number of hydrogen-bond acceptors (Lipinski definition) is 18. The maximum atomic E-state index is 15.5. The number of carbonyl (C=O) groups excluding carboxylic acids is 7. The van der Waals surface area contributed by atoms with Gasteiger partial charge in [-0.25, -0.2) is 22.8 Å². The van der Waals surface area contributed by atoms with Crippen molar-refractivity contribution in [3.63, 3.8) is 0 Å². The van der Waals surface area contributed by atoms with Gasteiger partial charge in [0.05, 0.1) is 46.1 Å². The Morgan fingerprint density at radius 2 is 1.31 bits per heavy atom. The minimum Gasteiger partial charge on any atom is -0.457 e. The van der Waals surface area contributed by atoms with E-state index >= 15 is 4.79 Å². The SMILES string of the molecule is CC(=O)O[C@H]1C(=O)[C@@]2(C)[C@H]([C@H](OC(=O)c3ccccc3)[C@]3(O)C[C@H](OC(=O)[C@H](O)[C@@H](NC(=O)c4ccccc4)c4ccccc4)C(C)=C1C3(C)C)[C@]1(OC(C)=O)CO[C@@H]1C[C@@H]2O.CS(=O)(=O)c1ccc(C2=C(c3ccccc3)C(=O)OC2)cc1. The van der Waals surface area contributed by atoms with E-state index < -0.39 is 122 Å². The molecule has 2 aliphatic heterocycles. The first-order valence-electron chi connectivity index (χ1n) is 27.2. The molecule has 5 aliphatic rings. The van der Waals surface area contributed by atoms with Gasteiger partial charge < -0.3 is 49.1 Å². The van der Waals surface area contributed by atoms with Crippen molar-refractivity contribution in [3.8, 4) is 0 Å². The van der Waals surface area contributed by atoms with Gasteiger partial charge in [0.2, 0.25) is 0 Å². The van der Waals surface area contributed by atoms with Gasteiger partial charge in [-0.1, -0.05) is 123 Å². The molecule has 0 radical (unpaired) electrons. The normalized spacial score (nSPS) is 27.5. The number of ketones is 1. The Hall–Kier alpha value is -8.14. The molecule has 20 heteroatoms. The van der Waals surface area contributed by atoms with Gasteiger partial charge in [-0.15, -0.1) is 0 Å².